The van der Waals surface area contributed by atoms with Gasteiger partial charge in [0, 0.05) is 14.1 Å². The van der Waals surface area contributed by atoms with Crippen molar-refractivity contribution in [2.45, 2.75) is 25.9 Å². The van der Waals surface area contributed by atoms with Crippen LogP contribution in [0.3, 0.4) is 0 Å². The molecule has 0 aromatic heterocycles. The number of nitrogens with zero attached hydrogens (tertiary/aromatic N) is 1. The van der Waals surface area contributed by atoms with Crippen LogP contribution in [-0.2, 0) is 19.2 Å². The minimum Gasteiger partial charge on any atom is -0.449 e. The molecule has 6 heteroatoms. The first-order valence-corrected chi connectivity index (χ1v) is 4.80. The number of ether oxygens (including phenoxy) is 1. The molecule has 0 bridgehead atoms. The highest BCUT2D eigenvalue weighted by Crippen LogP contribution is 2.05. The summed E-state index contributed by atoms with van der Waals surface area (Å²) in [6.45, 7) is 1.64. The summed E-state index contributed by atoms with van der Waals surface area (Å²) in [4.78, 5) is 27.1. The molecule has 1 atom stereocenters. The fraction of sp³-hybridized carbons (Fsp3) is 0.778. The van der Waals surface area contributed by atoms with Crippen molar-refractivity contribution in [3.8, 4) is 0 Å². The van der Waals surface area contributed by atoms with Gasteiger partial charge in [0.15, 0.2) is 0 Å². The van der Waals surface area contributed by atoms with Gasteiger partial charge in [-0.05, 0) is 6.42 Å². The molecule has 1 unspecified atom stereocenters. The van der Waals surface area contributed by atoms with E-state index in [1.54, 1.807) is 14.1 Å². The van der Waals surface area contributed by atoms with Gasteiger partial charge in [0.25, 0.3) is 0 Å². The van der Waals surface area contributed by atoms with Crippen molar-refractivity contribution in [1.82, 2.24) is 5.06 Å². The summed E-state index contributed by atoms with van der Waals surface area (Å²) >= 11 is 0. The molecule has 6 nitrogen and oxygen atoms in total. The zero-order chi connectivity index (χ0) is 11.8. The van der Waals surface area contributed by atoms with E-state index < -0.39 is 18.0 Å². The van der Waals surface area contributed by atoms with Crippen LogP contribution in [0.5, 0.6) is 0 Å². The van der Waals surface area contributed by atoms with E-state index in [4.69, 9.17) is 15.3 Å². The van der Waals surface area contributed by atoms with E-state index in [1.165, 1.54) is 5.06 Å². The number of hydrogen-bond acceptors (Lipinski definition) is 6. The quantitative estimate of drug-likeness (QED) is 0.486. The van der Waals surface area contributed by atoms with Gasteiger partial charge in [0.1, 0.15) is 0 Å². The number of nitrogens with two attached hydrogens (primary N) is 1. The molecule has 0 heterocycles. The standard InChI is InChI=1S/C9H18N2O4/c1-4-5-7(14-8(12)6-10)9(13)15-11(2)3/h7H,4-6,10H2,1-3H3. The Hall–Kier alpha value is -1.14. The van der Waals surface area contributed by atoms with Gasteiger partial charge >= 0.3 is 11.9 Å². The van der Waals surface area contributed by atoms with Gasteiger partial charge in [-0.1, -0.05) is 13.3 Å². The number of rotatable bonds is 6. The summed E-state index contributed by atoms with van der Waals surface area (Å²) in [5, 5.41) is 1.25. The number of hydroxylamine groups is 2. The average molecular weight is 218 g/mol. The van der Waals surface area contributed by atoms with E-state index in [0.717, 1.165) is 0 Å². The Bertz CT molecular complexity index is 218. The van der Waals surface area contributed by atoms with Crippen LogP contribution in [0, 0.1) is 0 Å². The lowest BCUT2D eigenvalue weighted by atomic mass is 10.2. The van der Waals surface area contributed by atoms with Crippen molar-refractivity contribution < 1.29 is 19.2 Å². The molecule has 0 aromatic rings. The second kappa shape index (κ2) is 7.19. The van der Waals surface area contributed by atoms with E-state index in [-0.39, 0.29) is 6.54 Å². The number of carbonyl (C=O) groups is 2. The zero-order valence-electron chi connectivity index (χ0n) is 9.36. The van der Waals surface area contributed by atoms with E-state index in [1.807, 2.05) is 6.92 Å². The van der Waals surface area contributed by atoms with Gasteiger partial charge in [-0.15, -0.1) is 5.06 Å². The van der Waals surface area contributed by atoms with Crippen molar-refractivity contribution in [2.75, 3.05) is 20.6 Å². The Balaban J connectivity index is 4.24. The lowest BCUT2D eigenvalue weighted by Crippen LogP contribution is -2.34. The molecule has 0 radical (unpaired) electrons. The molecule has 0 aliphatic rings. The molecule has 0 amide bonds. The SMILES string of the molecule is CCCC(OC(=O)CN)C(=O)ON(C)C. The molecule has 0 fully saturated rings. The maximum absolute atomic E-state index is 11.4. The van der Waals surface area contributed by atoms with Crippen LogP contribution in [0.2, 0.25) is 0 Å². The van der Waals surface area contributed by atoms with Crippen LogP contribution in [0.1, 0.15) is 19.8 Å². The predicted octanol–water partition coefficient (Wildman–Crippen LogP) is -0.323. The van der Waals surface area contributed by atoms with Gasteiger partial charge in [-0.2, -0.15) is 0 Å². The minimum absolute atomic E-state index is 0.241. The van der Waals surface area contributed by atoms with Gasteiger partial charge in [-0.25, -0.2) is 4.79 Å². The Morgan fingerprint density at radius 2 is 2.00 bits per heavy atom. The average Bonchev–Trinajstić information content (AvgIpc) is 2.15. The Morgan fingerprint density at radius 1 is 1.40 bits per heavy atom. The summed E-state index contributed by atoms with van der Waals surface area (Å²) in [6, 6.07) is 0. The summed E-state index contributed by atoms with van der Waals surface area (Å²) in [5.41, 5.74) is 5.08. The second-order valence-electron chi connectivity index (χ2n) is 3.19. The smallest absolute Gasteiger partial charge is 0.366 e. The van der Waals surface area contributed by atoms with E-state index in [9.17, 15) is 9.59 Å². The van der Waals surface area contributed by atoms with Gasteiger partial charge in [-0.3, -0.25) is 4.79 Å². The predicted molar refractivity (Wildman–Crippen MR) is 53.6 cm³/mol. The molecule has 88 valence electrons. The summed E-state index contributed by atoms with van der Waals surface area (Å²) < 4.78 is 4.84. The molecule has 0 saturated heterocycles. The molecular formula is C9H18N2O4. The van der Waals surface area contributed by atoms with Crippen molar-refractivity contribution in [2.24, 2.45) is 5.73 Å². The monoisotopic (exact) mass is 218 g/mol. The Labute approximate surface area is 89.3 Å². The number of hydrogen-bond donors (Lipinski definition) is 1. The first-order valence-electron chi connectivity index (χ1n) is 4.80. The third-order valence-corrected chi connectivity index (χ3v) is 1.53. The Kier molecular flexibility index (Phi) is 6.64. The van der Waals surface area contributed by atoms with Crippen LogP contribution in [-0.4, -0.2) is 43.7 Å². The Morgan fingerprint density at radius 3 is 2.40 bits per heavy atom. The highest BCUT2D eigenvalue weighted by Gasteiger charge is 2.24. The summed E-state index contributed by atoms with van der Waals surface area (Å²) in [6.07, 6.45) is 0.275. The molecular weight excluding hydrogens is 200 g/mol. The largest absolute Gasteiger partial charge is 0.449 e. The molecule has 0 aromatic carbocycles. The number of esters is 1. The van der Waals surface area contributed by atoms with Crippen LogP contribution in [0.25, 0.3) is 0 Å². The van der Waals surface area contributed by atoms with Crippen molar-refractivity contribution in [1.29, 1.82) is 0 Å². The molecule has 0 spiro atoms. The molecule has 0 aliphatic carbocycles. The van der Waals surface area contributed by atoms with E-state index in [2.05, 4.69) is 0 Å². The molecule has 2 N–H and O–H groups in total. The van der Waals surface area contributed by atoms with Gasteiger partial charge < -0.3 is 15.3 Å². The zero-order valence-corrected chi connectivity index (χ0v) is 9.36. The van der Waals surface area contributed by atoms with Crippen LogP contribution in [0.15, 0.2) is 0 Å². The first-order chi connectivity index (χ1) is 7.01. The third kappa shape index (κ3) is 6.03. The number of carbonyl (C=O) groups excluding carboxylic acids is 2. The van der Waals surface area contributed by atoms with E-state index >= 15 is 0 Å². The molecule has 0 rings (SSSR count). The van der Waals surface area contributed by atoms with Gasteiger partial charge in [0.05, 0.1) is 6.54 Å². The molecule has 0 saturated carbocycles. The first kappa shape index (κ1) is 13.9. The molecule has 15 heavy (non-hydrogen) atoms. The topological polar surface area (TPSA) is 81.9 Å². The normalized spacial score (nSPS) is 12.3. The van der Waals surface area contributed by atoms with E-state index in [0.29, 0.717) is 12.8 Å². The van der Waals surface area contributed by atoms with Crippen LogP contribution < -0.4 is 5.73 Å². The fourth-order valence-electron chi connectivity index (χ4n) is 0.933. The second-order valence-corrected chi connectivity index (χ2v) is 3.19. The lowest BCUT2D eigenvalue weighted by molar-refractivity contribution is -0.194. The lowest BCUT2D eigenvalue weighted by Gasteiger charge is -2.17. The van der Waals surface area contributed by atoms with Crippen molar-refractivity contribution in [3.05, 3.63) is 0 Å². The highest BCUT2D eigenvalue weighted by molar-refractivity contribution is 5.79. The van der Waals surface area contributed by atoms with Crippen LogP contribution in [0.4, 0.5) is 0 Å². The van der Waals surface area contributed by atoms with Crippen LogP contribution >= 0.6 is 0 Å². The maximum atomic E-state index is 11.4. The summed E-state index contributed by atoms with van der Waals surface area (Å²) in [7, 11) is 3.15. The third-order valence-electron chi connectivity index (χ3n) is 1.53. The minimum atomic E-state index is -0.867. The maximum Gasteiger partial charge on any atom is 0.366 e. The summed E-state index contributed by atoms with van der Waals surface area (Å²) in [5.74, 6) is -1.19. The van der Waals surface area contributed by atoms with Crippen molar-refractivity contribution >= 4 is 11.9 Å². The van der Waals surface area contributed by atoms with Crippen molar-refractivity contribution in [3.63, 3.8) is 0 Å². The van der Waals surface area contributed by atoms with Gasteiger partial charge in [0.2, 0.25) is 6.10 Å². The molecule has 0 aliphatic heterocycles. The fourth-order valence-corrected chi connectivity index (χ4v) is 0.933. The highest BCUT2D eigenvalue weighted by atomic mass is 16.7.